The molecule has 3 aliphatic heterocycles. The zero-order valence-corrected chi connectivity index (χ0v) is 30.3. The first kappa shape index (κ1) is 35.8. The van der Waals surface area contributed by atoms with Crippen LogP contribution in [0.1, 0.15) is 55.8 Å². The molecule has 0 spiro atoms. The van der Waals surface area contributed by atoms with Crippen LogP contribution in [-0.2, 0) is 27.9 Å². The second-order valence-electron chi connectivity index (χ2n) is 13.6. The first-order chi connectivity index (χ1) is 23.7. The highest BCUT2D eigenvalue weighted by Gasteiger charge is 2.34. The van der Waals surface area contributed by atoms with Gasteiger partial charge < -0.3 is 23.9 Å². The minimum Gasteiger partial charge on any atom is -0.422 e. The third-order valence-electron chi connectivity index (χ3n) is 10.3. The molecule has 1 aromatic heterocycles. The maximum atomic E-state index is 16.4. The molecular formula is C35H45FN6O7S. The number of nitrogens with zero attached hydrogens (tertiary/aromatic N) is 5. The van der Waals surface area contributed by atoms with E-state index in [1.165, 1.54) is 31.1 Å². The van der Waals surface area contributed by atoms with Crippen molar-refractivity contribution in [3.8, 4) is 0 Å². The SMILES string of the molecule is COC[C@H]1CN(c2cc(C)c3c4c(c(=O)oc3c2C)CN(C(=O)c2ccc(C(=O)NS(=O)(=O)N(C)C)c(N3CCCC3)c2F)CC4)CCN1C. The Morgan fingerprint density at radius 2 is 1.74 bits per heavy atom. The van der Waals surface area contributed by atoms with E-state index < -0.39 is 33.5 Å². The van der Waals surface area contributed by atoms with E-state index in [4.69, 9.17) is 9.15 Å². The van der Waals surface area contributed by atoms with E-state index in [9.17, 15) is 22.8 Å². The number of halogens is 1. The number of fused-ring (bicyclic) bond motifs is 3. The Hall–Kier alpha value is -4.05. The lowest BCUT2D eigenvalue weighted by atomic mass is 9.92. The lowest BCUT2D eigenvalue weighted by Gasteiger charge is -2.41. The number of nitrogens with one attached hydrogen (secondary N) is 1. The molecule has 0 saturated carbocycles. The van der Waals surface area contributed by atoms with Crippen LogP contribution in [0.5, 0.6) is 0 Å². The summed E-state index contributed by atoms with van der Waals surface area (Å²) < 4.78 is 55.4. The first-order valence-electron chi connectivity index (χ1n) is 16.9. The Morgan fingerprint density at radius 3 is 2.42 bits per heavy atom. The predicted octanol–water partition coefficient (Wildman–Crippen LogP) is 2.65. The van der Waals surface area contributed by atoms with Crippen LogP contribution in [0, 0.1) is 19.7 Å². The Morgan fingerprint density at radius 1 is 1.04 bits per heavy atom. The maximum absolute atomic E-state index is 16.4. The van der Waals surface area contributed by atoms with E-state index in [0.717, 1.165) is 64.5 Å². The van der Waals surface area contributed by atoms with Crippen LogP contribution >= 0.6 is 0 Å². The molecule has 270 valence electrons. The van der Waals surface area contributed by atoms with Crippen LogP contribution in [0.4, 0.5) is 15.8 Å². The van der Waals surface area contributed by atoms with Gasteiger partial charge in [0, 0.05) is 77.1 Å². The molecule has 4 heterocycles. The molecule has 13 nitrogen and oxygen atoms in total. The van der Waals surface area contributed by atoms with Crippen LogP contribution in [0.2, 0.25) is 0 Å². The van der Waals surface area contributed by atoms with Crippen molar-refractivity contribution in [2.24, 2.45) is 0 Å². The fraction of sp³-hybridized carbons (Fsp3) is 0.514. The van der Waals surface area contributed by atoms with Gasteiger partial charge in [-0.15, -0.1) is 0 Å². The second-order valence-corrected chi connectivity index (χ2v) is 15.5. The van der Waals surface area contributed by atoms with E-state index in [2.05, 4.69) is 22.9 Å². The van der Waals surface area contributed by atoms with E-state index in [-0.39, 0.29) is 35.9 Å². The van der Waals surface area contributed by atoms with Crippen LogP contribution in [0.25, 0.3) is 11.0 Å². The molecular weight excluding hydrogens is 667 g/mol. The van der Waals surface area contributed by atoms with Crippen molar-refractivity contribution in [3.63, 3.8) is 0 Å². The highest BCUT2D eigenvalue weighted by molar-refractivity contribution is 7.87. The van der Waals surface area contributed by atoms with Crippen molar-refractivity contribution in [1.82, 2.24) is 18.8 Å². The molecule has 0 radical (unpaired) electrons. The number of likely N-dealkylation sites (N-methyl/N-ethyl adjacent to an activating group) is 1. The molecule has 1 atom stereocenters. The van der Waals surface area contributed by atoms with Crippen molar-refractivity contribution in [3.05, 3.63) is 67.8 Å². The number of rotatable bonds is 8. The molecule has 2 fully saturated rings. The summed E-state index contributed by atoms with van der Waals surface area (Å²) in [6.45, 7) is 8.13. The fourth-order valence-electron chi connectivity index (χ4n) is 7.39. The summed E-state index contributed by atoms with van der Waals surface area (Å²) in [6.07, 6.45) is 1.88. The van der Waals surface area contributed by atoms with Crippen molar-refractivity contribution < 1.29 is 31.6 Å². The monoisotopic (exact) mass is 712 g/mol. The molecule has 1 N–H and O–H groups in total. The Bertz CT molecular complexity index is 2010. The van der Waals surface area contributed by atoms with Gasteiger partial charge in [-0.2, -0.15) is 12.7 Å². The molecule has 3 aromatic rings. The number of piperazine rings is 1. The molecule has 0 unspecified atom stereocenters. The van der Waals surface area contributed by atoms with Gasteiger partial charge in [0.15, 0.2) is 5.82 Å². The maximum Gasteiger partial charge on any atom is 0.341 e. The summed E-state index contributed by atoms with van der Waals surface area (Å²) in [4.78, 5) is 48.3. The summed E-state index contributed by atoms with van der Waals surface area (Å²) in [6, 6.07) is 4.86. The summed E-state index contributed by atoms with van der Waals surface area (Å²) in [5.74, 6) is -2.53. The fourth-order valence-corrected chi connectivity index (χ4v) is 7.91. The van der Waals surface area contributed by atoms with Crippen molar-refractivity contribution in [2.45, 2.75) is 45.7 Å². The lowest BCUT2D eigenvalue weighted by Crippen LogP contribution is -2.53. The number of methoxy groups -OCH3 is 1. The molecule has 15 heteroatoms. The molecule has 6 rings (SSSR count). The summed E-state index contributed by atoms with van der Waals surface area (Å²) in [5.41, 5.74) is 3.50. The van der Waals surface area contributed by atoms with Gasteiger partial charge in [-0.3, -0.25) is 14.5 Å². The summed E-state index contributed by atoms with van der Waals surface area (Å²) in [5, 5.41) is 0.862. The van der Waals surface area contributed by atoms with Gasteiger partial charge in [0.05, 0.1) is 41.6 Å². The van der Waals surface area contributed by atoms with Crippen molar-refractivity contribution in [1.29, 1.82) is 0 Å². The average Bonchev–Trinajstić information content (AvgIpc) is 3.61. The van der Waals surface area contributed by atoms with E-state index in [1.54, 1.807) is 12.0 Å². The van der Waals surface area contributed by atoms with E-state index >= 15 is 4.39 Å². The van der Waals surface area contributed by atoms with Crippen LogP contribution in [0.15, 0.2) is 27.4 Å². The van der Waals surface area contributed by atoms with Crippen molar-refractivity contribution >= 4 is 44.4 Å². The topological polar surface area (TPSA) is 136 Å². The number of hydrogen-bond acceptors (Lipinski definition) is 10. The smallest absolute Gasteiger partial charge is 0.341 e. The molecule has 0 bridgehead atoms. The van der Waals surface area contributed by atoms with E-state index in [1.807, 2.05) is 18.6 Å². The highest BCUT2D eigenvalue weighted by atomic mass is 32.2. The van der Waals surface area contributed by atoms with Gasteiger partial charge in [-0.05, 0) is 69.5 Å². The van der Waals surface area contributed by atoms with Crippen LogP contribution < -0.4 is 20.1 Å². The number of ether oxygens (including phenoxy) is 1. The van der Waals surface area contributed by atoms with E-state index in [0.29, 0.717) is 37.3 Å². The number of hydrogen-bond donors (Lipinski definition) is 1. The minimum atomic E-state index is -4.14. The summed E-state index contributed by atoms with van der Waals surface area (Å²) >= 11 is 0. The Balaban J connectivity index is 1.32. The number of carbonyl (C=O) groups excluding carboxylic acids is 2. The highest BCUT2D eigenvalue weighted by Crippen LogP contribution is 2.37. The standard InChI is InChI=1S/C35H45FN6O7S/c1-21-17-28(41-16-15-39(5)23(18-41)20-48-6)22(2)32-29(21)24-11-14-42(19-27(24)35(45)49-32)34(44)25-9-10-26(33(43)37-50(46,47)38(3)4)31(30(25)36)40-12-7-8-13-40/h9-10,17,23H,7-8,11-16,18-20H2,1-6H3,(H,37,43)/t23-/m1/s1. The zero-order chi connectivity index (χ0) is 36.1. The molecule has 2 amide bonds. The van der Waals surface area contributed by atoms with Gasteiger partial charge in [-0.1, -0.05) is 0 Å². The van der Waals surface area contributed by atoms with Crippen LogP contribution in [0.3, 0.4) is 0 Å². The predicted molar refractivity (Wildman–Crippen MR) is 189 cm³/mol. The number of aryl methyl sites for hydroxylation is 2. The lowest BCUT2D eigenvalue weighted by molar-refractivity contribution is 0.0727. The first-order valence-corrected chi connectivity index (χ1v) is 18.3. The number of anilines is 2. The third-order valence-corrected chi connectivity index (χ3v) is 11.7. The van der Waals surface area contributed by atoms with Crippen molar-refractivity contribution in [2.75, 3.05) is 83.9 Å². The number of benzene rings is 2. The average molecular weight is 713 g/mol. The van der Waals surface area contributed by atoms with Gasteiger partial charge in [-0.25, -0.2) is 13.9 Å². The second kappa shape index (κ2) is 13.9. The largest absolute Gasteiger partial charge is 0.422 e. The molecule has 50 heavy (non-hydrogen) atoms. The molecule has 3 aliphatic rings. The van der Waals surface area contributed by atoms with Gasteiger partial charge >= 0.3 is 15.8 Å². The Kier molecular flexibility index (Phi) is 9.96. The van der Waals surface area contributed by atoms with Gasteiger partial charge in [0.25, 0.3) is 11.8 Å². The Labute approximate surface area is 291 Å². The minimum absolute atomic E-state index is 0.0638. The number of carbonyl (C=O) groups is 2. The normalized spacial score (nSPS) is 18.6. The van der Waals surface area contributed by atoms with Gasteiger partial charge in [0.2, 0.25) is 0 Å². The van der Waals surface area contributed by atoms with Gasteiger partial charge in [0.1, 0.15) is 5.58 Å². The van der Waals surface area contributed by atoms with Crippen LogP contribution in [-0.4, -0.2) is 115 Å². The quantitative estimate of drug-likeness (QED) is 0.348. The molecule has 2 saturated heterocycles. The number of amides is 2. The zero-order valence-electron chi connectivity index (χ0n) is 29.5. The summed E-state index contributed by atoms with van der Waals surface area (Å²) in [7, 11) is 2.19. The molecule has 0 aliphatic carbocycles. The third kappa shape index (κ3) is 6.47. The molecule has 2 aromatic carbocycles.